The SMILES string of the molecule is COc1ccc(C=C(C#N)c2cc(OC)c(OC)c(OC)c2)cc1[N+](=O)[O-]. The molecule has 0 aliphatic carbocycles. The maximum atomic E-state index is 11.2. The first-order valence-corrected chi connectivity index (χ1v) is 7.73. The molecule has 0 fully saturated rings. The van der Waals surface area contributed by atoms with Crippen molar-refractivity contribution in [2.24, 2.45) is 0 Å². The van der Waals surface area contributed by atoms with Crippen LogP contribution in [-0.4, -0.2) is 33.4 Å². The Morgan fingerprint density at radius 2 is 1.59 bits per heavy atom. The topological polar surface area (TPSA) is 104 Å². The van der Waals surface area contributed by atoms with Gasteiger partial charge in [0.2, 0.25) is 5.75 Å². The first-order chi connectivity index (χ1) is 13.0. The summed E-state index contributed by atoms with van der Waals surface area (Å²) in [6.07, 6.45) is 1.53. The molecule has 0 heterocycles. The summed E-state index contributed by atoms with van der Waals surface area (Å²) in [5.74, 6) is 1.34. The summed E-state index contributed by atoms with van der Waals surface area (Å²) in [7, 11) is 5.79. The predicted octanol–water partition coefficient (Wildman–Crippen LogP) is 3.69. The van der Waals surface area contributed by atoms with Crippen LogP contribution in [0, 0.1) is 21.4 Å². The van der Waals surface area contributed by atoms with Gasteiger partial charge in [0.05, 0.1) is 45.0 Å². The van der Waals surface area contributed by atoms with Crippen molar-refractivity contribution in [2.75, 3.05) is 28.4 Å². The van der Waals surface area contributed by atoms with E-state index in [0.717, 1.165) is 0 Å². The van der Waals surface area contributed by atoms with Crippen molar-refractivity contribution < 1.29 is 23.9 Å². The lowest BCUT2D eigenvalue weighted by molar-refractivity contribution is -0.385. The van der Waals surface area contributed by atoms with Crippen LogP contribution >= 0.6 is 0 Å². The lowest BCUT2D eigenvalue weighted by atomic mass is 10.0. The summed E-state index contributed by atoms with van der Waals surface area (Å²) in [4.78, 5) is 10.6. The Hall–Kier alpha value is -3.73. The van der Waals surface area contributed by atoms with Crippen LogP contribution in [0.5, 0.6) is 23.0 Å². The van der Waals surface area contributed by atoms with Crippen molar-refractivity contribution in [2.45, 2.75) is 0 Å². The van der Waals surface area contributed by atoms with Crippen LogP contribution in [0.4, 0.5) is 5.69 Å². The van der Waals surface area contributed by atoms with E-state index in [0.29, 0.717) is 28.4 Å². The molecule has 2 rings (SSSR count). The molecule has 0 amide bonds. The number of nitriles is 1. The first kappa shape index (κ1) is 19.6. The molecule has 0 aliphatic rings. The summed E-state index contributed by atoms with van der Waals surface area (Å²) in [6, 6.07) is 9.81. The molecule has 0 bridgehead atoms. The molecule has 0 saturated heterocycles. The summed E-state index contributed by atoms with van der Waals surface area (Å²) in [5, 5.41) is 20.8. The number of methoxy groups -OCH3 is 4. The average molecular weight is 370 g/mol. The van der Waals surface area contributed by atoms with E-state index in [1.165, 1.54) is 46.6 Å². The fourth-order valence-corrected chi connectivity index (χ4v) is 2.52. The molecule has 0 saturated carbocycles. The Kier molecular flexibility index (Phi) is 6.23. The van der Waals surface area contributed by atoms with Gasteiger partial charge >= 0.3 is 5.69 Å². The second-order valence-electron chi connectivity index (χ2n) is 5.27. The maximum absolute atomic E-state index is 11.2. The number of nitrogens with zero attached hydrogens (tertiary/aromatic N) is 2. The van der Waals surface area contributed by atoms with E-state index in [1.807, 2.05) is 0 Å². The second kappa shape index (κ2) is 8.58. The Labute approximate surface area is 156 Å². The van der Waals surface area contributed by atoms with Gasteiger partial charge in [-0.25, -0.2) is 0 Å². The molecular formula is C19H18N2O6. The van der Waals surface area contributed by atoms with E-state index in [1.54, 1.807) is 18.2 Å². The smallest absolute Gasteiger partial charge is 0.311 e. The van der Waals surface area contributed by atoms with Crippen LogP contribution in [0.3, 0.4) is 0 Å². The number of allylic oxidation sites excluding steroid dienone is 1. The highest BCUT2D eigenvalue weighted by atomic mass is 16.6. The summed E-state index contributed by atoms with van der Waals surface area (Å²) in [5.41, 5.74) is 1.08. The number of ether oxygens (including phenoxy) is 4. The molecule has 8 nitrogen and oxygen atoms in total. The zero-order chi connectivity index (χ0) is 20.0. The van der Waals surface area contributed by atoms with Crippen LogP contribution in [0.25, 0.3) is 11.6 Å². The zero-order valence-corrected chi connectivity index (χ0v) is 15.3. The van der Waals surface area contributed by atoms with E-state index in [9.17, 15) is 15.4 Å². The van der Waals surface area contributed by atoms with Gasteiger partial charge < -0.3 is 18.9 Å². The van der Waals surface area contributed by atoms with Gasteiger partial charge in [-0.15, -0.1) is 0 Å². The number of hydrogen-bond acceptors (Lipinski definition) is 7. The van der Waals surface area contributed by atoms with Crippen LogP contribution in [0.2, 0.25) is 0 Å². The van der Waals surface area contributed by atoms with Gasteiger partial charge in [0.25, 0.3) is 0 Å². The molecule has 0 unspecified atom stereocenters. The number of nitro groups is 1. The molecule has 27 heavy (non-hydrogen) atoms. The average Bonchev–Trinajstić information content (AvgIpc) is 2.70. The molecular weight excluding hydrogens is 352 g/mol. The Bertz CT molecular complexity index is 905. The van der Waals surface area contributed by atoms with Crippen molar-refractivity contribution >= 4 is 17.3 Å². The zero-order valence-electron chi connectivity index (χ0n) is 15.3. The highest BCUT2D eigenvalue weighted by Crippen LogP contribution is 2.40. The van der Waals surface area contributed by atoms with E-state index in [2.05, 4.69) is 6.07 Å². The molecule has 0 atom stereocenters. The summed E-state index contributed by atoms with van der Waals surface area (Å²) >= 11 is 0. The number of benzene rings is 2. The lowest BCUT2D eigenvalue weighted by Gasteiger charge is -2.13. The monoisotopic (exact) mass is 370 g/mol. The Morgan fingerprint density at radius 1 is 1.00 bits per heavy atom. The summed E-state index contributed by atoms with van der Waals surface area (Å²) in [6.45, 7) is 0. The molecule has 0 spiro atoms. The quantitative estimate of drug-likeness (QED) is 0.317. The van der Waals surface area contributed by atoms with E-state index in [4.69, 9.17) is 18.9 Å². The highest BCUT2D eigenvalue weighted by Gasteiger charge is 2.17. The fourth-order valence-electron chi connectivity index (χ4n) is 2.52. The normalized spacial score (nSPS) is 10.7. The second-order valence-corrected chi connectivity index (χ2v) is 5.27. The third kappa shape index (κ3) is 4.10. The van der Waals surface area contributed by atoms with Gasteiger partial charge in [-0.3, -0.25) is 10.1 Å². The molecule has 2 aromatic rings. The van der Waals surface area contributed by atoms with E-state index >= 15 is 0 Å². The minimum Gasteiger partial charge on any atom is -0.493 e. The molecule has 2 aromatic carbocycles. The van der Waals surface area contributed by atoms with Crippen molar-refractivity contribution in [3.05, 3.63) is 51.6 Å². The van der Waals surface area contributed by atoms with Gasteiger partial charge in [-0.05, 0) is 35.4 Å². The van der Waals surface area contributed by atoms with Crippen LogP contribution in [0.15, 0.2) is 30.3 Å². The summed E-state index contributed by atoms with van der Waals surface area (Å²) < 4.78 is 20.9. The van der Waals surface area contributed by atoms with Gasteiger partial charge in [0.1, 0.15) is 0 Å². The van der Waals surface area contributed by atoms with E-state index < -0.39 is 4.92 Å². The van der Waals surface area contributed by atoms with Crippen LogP contribution in [0.1, 0.15) is 11.1 Å². The number of rotatable bonds is 7. The minimum absolute atomic E-state index is 0.142. The third-order valence-corrected chi connectivity index (χ3v) is 3.81. The standard InChI is InChI=1S/C19H18N2O6/c1-24-16-6-5-12(8-15(16)21(22)23)7-14(11-20)13-9-17(25-2)19(27-4)18(10-13)26-3/h5-10H,1-4H3. The van der Waals surface area contributed by atoms with Crippen LogP contribution < -0.4 is 18.9 Å². The number of nitro benzene ring substituents is 1. The minimum atomic E-state index is -0.540. The maximum Gasteiger partial charge on any atom is 0.311 e. The van der Waals surface area contributed by atoms with Crippen LogP contribution in [-0.2, 0) is 0 Å². The van der Waals surface area contributed by atoms with Crippen molar-refractivity contribution in [3.8, 4) is 29.1 Å². The Morgan fingerprint density at radius 3 is 2.04 bits per heavy atom. The molecule has 140 valence electrons. The first-order valence-electron chi connectivity index (χ1n) is 7.73. The van der Waals surface area contributed by atoms with Crippen molar-refractivity contribution in [1.82, 2.24) is 0 Å². The lowest BCUT2D eigenvalue weighted by Crippen LogP contribution is -1.97. The Balaban J connectivity index is 2.59. The predicted molar refractivity (Wildman–Crippen MR) is 99.2 cm³/mol. The van der Waals surface area contributed by atoms with Gasteiger partial charge in [-0.1, -0.05) is 6.07 Å². The van der Waals surface area contributed by atoms with Gasteiger partial charge in [-0.2, -0.15) is 5.26 Å². The van der Waals surface area contributed by atoms with E-state index in [-0.39, 0.29) is 17.0 Å². The van der Waals surface area contributed by atoms with Crippen molar-refractivity contribution in [3.63, 3.8) is 0 Å². The van der Waals surface area contributed by atoms with Crippen molar-refractivity contribution in [1.29, 1.82) is 5.26 Å². The molecule has 0 aromatic heterocycles. The molecule has 0 aliphatic heterocycles. The largest absolute Gasteiger partial charge is 0.493 e. The molecule has 8 heteroatoms. The third-order valence-electron chi connectivity index (χ3n) is 3.81. The fraction of sp³-hybridized carbons (Fsp3) is 0.211. The molecule has 0 N–H and O–H groups in total. The highest BCUT2D eigenvalue weighted by molar-refractivity contribution is 5.91. The molecule has 0 radical (unpaired) electrons. The van der Waals surface area contributed by atoms with Gasteiger partial charge in [0.15, 0.2) is 17.2 Å². The van der Waals surface area contributed by atoms with Gasteiger partial charge in [0, 0.05) is 6.07 Å². The number of hydrogen-bond donors (Lipinski definition) is 0.